The number of carboxylic acid groups (broad SMARTS) is 1. The van der Waals surface area contributed by atoms with E-state index in [2.05, 4.69) is 0 Å². The molecule has 1 N–H and O–H groups in total. The van der Waals surface area contributed by atoms with E-state index in [-0.39, 0.29) is 23.7 Å². The summed E-state index contributed by atoms with van der Waals surface area (Å²) in [6.45, 7) is 1.97. The SMILES string of the molecule is CCCC[C@@H](C(=O)O)N1C(=O)[C@@H]2C3c4ccccc4C(c4ccccc43)[C@@H]2C1=O. The molecule has 1 fully saturated rings. The van der Waals surface area contributed by atoms with Gasteiger partial charge in [0, 0.05) is 11.8 Å². The van der Waals surface area contributed by atoms with Crippen molar-refractivity contribution in [1.29, 1.82) is 0 Å². The number of unbranched alkanes of at least 4 members (excludes halogenated alkanes) is 1. The van der Waals surface area contributed by atoms with Crippen molar-refractivity contribution in [3.8, 4) is 0 Å². The summed E-state index contributed by atoms with van der Waals surface area (Å²) in [4.78, 5) is 40.1. The summed E-state index contributed by atoms with van der Waals surface area (Å²) < 4.78 is 0. The first-order valence-corrected chi connectivity index (χ1v) is 10.3. The third-order valence-electron chi connectivity index (χ3n) is 6.91. The third-order valence-corrected chi connectivity index (χ3v) is 6.91. The Morgan fingerprint density at radius 2 is 1.31 bits per heavy atom. The second-order valence-electron chi connectivity index (χ2n) is 8.31. The molecular formula is C24H23NO4. The highest BCUT2D eigenvalue weighted by atomic mass is 16.4. The fourth-order valence-corrected chi connectivity index (χ4v) is 5.77. The number of carbonyl (C=O) groups is 3. The number of aliphatic carboxylic acids is 1. The summed E-state index contributed by atoms with van der Waals surface area (Å²) in [7, 11) is 0. The van der Waals surface area contributed by atoms with Crippen molar-refractivity contribution in [2.24, 2.45) is 11.8 Å². The van der Waals surface area contributed by atoms with Crippen molar-refractivity contribution in [3.05, 3.63) is 70.8 Å². The second kappa shape index (κ2) is 6.55. The van der Waals surface area contributed by atoms with Crippen LogP contribution in [0.3, 0.4) is 0 Å². The topological polar surface area (TPSA) is 74.7 Å². The minimum Gasteiger partial charge on any atom is -0.480 e. The van der Waals surface area contributed by atoms with E-state index in [0.29, 0.717) is 12.8 Å². The number of hydrogen-bond acceptors (Lipinski definition) is 3. The lowest BCUT2D eigenvalue weighted by Crippen LogP contribution is -2.45. The van der Waals surface area contributed by atoms with Crippen LogP contribution in [0, 0.1) is 11.8 Å². The predicted octanol–water partition coefficient (Wildman–Crippen LogP) is 3.52. The standard InChI is InChI=1S/C24H23NO4/c1-2-3-12-17(24(28)29)25-22(26)20-18-13-8-4-5-9-14(13)19(21(20)23(25)27)16-11-7-6-10-15(16)18/h4-11,17-21H,2-3,12H2,1H3,(H,28,29)/t17-,18?,19?,20-,21+/m0/s1. The van der Waals surface area contributed by atoms with E-state index >= 15 is 0 Å². The maximum absolute atomic E-state index is 13.5. The van der Waals surface area contributed by atoms with Gasteiger partial charge in [-0.15, -0.1) is 0 Å². The Bertz CT molecular complexity index is 914. The molecule has 1 heterocycles. The van der Waals surface area contributed by atoms with Crippen LogP contribution in [0.4, 0.5) is 0 Å². The fraction of sp³-hybridized carbons (Fsp3) is 0.375. The molecule has 6 rings (SSSR count). The molecule has 0 saturated carbocycles. The lowest BCUT2D eigenvalue weighted by Gasteiger charge is -2.45. The Hall–Kier alpha value is -2.95. The van der Waals surface area contributed by atoms with Gasteiger partial charge in [-0.05, 0) is 28.7 Å². The molecular weight excluding hydrogens is 366 g/mol. The highest BCUT2D eigenvalue weighted by Gasteiger charge is 2.62. The molecule has 3 aliphatic carbocycles. The Labute approximate surface area is 169 Å². The Balaban J connectivity index is 1.65. The van der Waals surface area contributed by atoms with Crippen LogP contribution in [0.1, 0.15) is 60.3 Å². The van der Waals surface area contributed by atoms with Gasteiger partial charge in [0.2, 0.25) is 11.8 Å². The van der Waals surface area contributed by atoms with Crippen LogP contribution in [0.15, 0.2) is 48.5 Å². The van der Waals surface area contributed by atoms with Crippen molar-refractivity contribution in [2.45, 2.75) is 44.1 Å². The first kappa shape index (κ1) is 18.1. The van der Waals surface area contributed by atoms with Crippen molar-refractivity contribution in [2.75, 3.05) is 0 Å². The van der Waals surface area contributed by atoms with Crippen LogP contribution < -0.4 is 0 Å². The average molecular weight is 389 g/mol. The molecule has 2 aromatic rings. The second-order valence-corrected chi connectivity index (χ2v) is 8.31. The van der Waals surface area contributed by atoms with Crippen LogP contribution in [0.25, 0.3) is 0 Å². The molecule has 29 heavy (non-hydrogen) atoms. The minimum absolute atomic E-state index is 0.195. The zero-order valence-electron chi connectivity index (χ0n) is 16.2. The lowest BCUT2D eigenvalue weighted by atomic mass is 9.55. The molecule has 1 aliphatic heterocycles. The van der Waals surface area contributed by atoms with Gasteiger partial charge in [0.1, 0.15) is 6.04 Å². The molecule has 0 unspecified atom stereocenters. The van der Waals surface area contributed by atoms with E-state index in [9.17, 15) is 19.5 Å². The van der Waals surface area contributed by atoms with E-state index in [1.165, 1.54) is 0 Å². The number of benzene rings is 2. The number of rotatable bonds is 5. The Morgan fingerprint density at radius 1 is 0.897 bits per heavy atom. The van der Waals surface area contributed by atoms with Gasteiger partial charge in [0.05, 0.1) is 11.8 Å². The molecule has 0 radical (unpaired) electrons. The first-order valence-electron chi connectivity index (χ1n) is 10.3. The predicted molar refractivity (Wildman–Crippen MR) is 106 cm³/mol. The number of carboxylic acids is 1. The van der Waals surface area contributed by atoms with Crippen LogP contribution in [-0.2, 0) is 14.4 Å². The van der Waals surface area contributed by atoms with E-state index in [1.807, 2.05) is 55.5 Å². The highest BCUT2D eigenvalue weighted by molar-refractivity contribution is 6.09. The molecule has 2 bridgehead atoms. The summed E-state index contributed by atoms with van der Waals surface area (Å²) in [5.41, 5.74) is 4.39. The normalized spacial score (nSPS) is 27.4. The van der Waals surface area contributed by atoms with E-state index in [1.54, 1.807) is 0 Å². The monoisotopic (exact) mass is 389 g/mol. The van der Waals surface area contributed by atoms with Crippen LogP contribution in [0.2, 0.25) is 0 Å². The molecule has 1 saturated heterocycles. The van der Waals surface area contributed by atoms with Gasteiger partial charge in [-0.25, -0.2) is 4.79 Å². The molecule has 2 aromatic carbocycles. The summed E-state index contributed by atoms with van der Waals surface area (Å²) in [6.07, 6.45) is 1.78. The van der Waals surface area contributed by atoms with Gasteiger partial charge < -0.3 is 5.11 Å². The Kier molecular flexibility index (Phi) is 4.09. The molecule has 0 aromatic heterocycles. The fourth-order valence-electron chi connectivity index (χ4n) is 5.77. The molecule has 5 nitrogen and oxygen atoms in total. The number of imide groups is 1. The average Bonchev–Trinajstić information content (AvgIpc) is 3.00. The lowest BCUT2D eigenvalue weighted by molar-refractivity contribution is -0.155. The van der Waals surface area contributed by atoms with E-state index in [0.717, 1.165) is 33.6 Å². The zero-order valence-corrected chi connectivity index (χ0v) is 16.2. The van der Waals surface area contributed by atoms with Gasteiger partial charge >= 0.3 is 5.97 Å². The van der Waals surface area contributed by atoms with Crippen LogP contribution >= 0.6 is 0 Å². The number of carbonyl (C=O) groups excluding carboxylic acids is 2. The maximum atomic E-state index is 13.5. The van der Waals surface area contributed by atoms with Crippen molar-refractivity contribution >= 4 is 17.8 Å². The number of nitrogens with zero attached hydrogens (tertiary/aromatic N) is 1. The summed E-state index contributed by atoms with van der Waals surface area (Å²) in [5, 5.41) is 9.78. The molecule has 0 spiro atoms. The quantitative estimate of drug-likeness (QED) is 0.794. The van der Waals surface area contributed by atoms with Crippen LogP contribution in [-0.4, -0.2) is 33.8 Å². The smallest absolute Gasteiger partial charge is 0.326 e. The Morgan fingerprint density at radius 3 is 1.66 bits per heavy atom. The number of amides is 2. The summed E-state index contributed by atoms with van der Waals surface area (Å²) in [5.74, 6) is -3.15. The largest absolute Gasteiger partial charge is 0.480 e. The van der Waals surface area contributed by atoms with Crippen molar-refractivity contribution in [1.82, 2.24) is 4.90 Å². The van der Waals surface area contributed by atoms with Gasteiger partial charge in [-0.2, -0.15) is 0 Å². The van der Waals surface area contributed by atoms with Gasteiger partial charge in [0.15, 0.2) is 0 Å². The maximum Gasteiger partial charge on any atom is 0.326 e. The van der Waals surface area contributed by atoms with Crippen molar-refractivity contribution in [3.63, 3.8) is 0 Å². The summed E-state index contributed by atoms with van der Waals surface area (Å²) >= 11 is 0. The first-order chi connectivity index (χ1) is 14.1. The van der Waals surface area contributed by atoms with Gasteiger partial charge in [-0.3, -0.25) is 14.5 Å². The zero-order chi connectivity index (χ0) is 20.3. The van der Waals surface area contributed by atoms with Gasteiger partial charge in [0.25, 0.3) is 0 Å². The molecule has 2 amide bonds. The molecule has 5 heteroatoms. The third kappa shape index (κ3) is 2.36. The van der Waals surface area contributed by atoms with Crippen molar-refractivity contribution < 1.29 is 19.5 Å². The molecule has 3 atom stereocenters. The highest BCUT2D eigenvalue weighted by Crippen LogP contribution is 2.61. The minimum atomic E-state index is -1.10. The van der Waals surface area contributed by atoms with E-state index in [4.69, 9.17) is 0 Å². The van der Waals surface area contributed by atoms with Gasteiger partial charge in [-0.1, -0.05) is 68.3 Å². The molecule has 148 valence electrons. The summed E-state index contributed by atoms with van der Waals surface area (Å²) in [6, 6.07) is 15.0. The van der Waals surface area contributed by atoms with E-state index < -0.39 is 23.8 Å². The molecule has 4 aliphatic rings. The van der Waals surface area contributed by atoms with Crippen LogP contribution in [0.5, 0.6) is 0 Å². The number of hydrogen-bond donors (Lipinski definition) is 1. The number of likely N-dealkylation sites (tertiary alicyclic amines) is 1.